The highest BCUT2D eigenvalue weighted by atomic mass is 16.4. The fourth-order valence-electron chi connectivity index (χ4n) is 1.61. The number of urea groups is 1. The van der Waals surface area contributed by atoms with Crippen molar-refractivity contribution in [2.75, 3.05) is 13.1 Å². The van der Waals surface area contributed by atoms with E-state index in [0.717, 1.165) is 25.7 Å². The van der Waals surface area contributed by atoms with Gasteiger partial charge in [0.05, 0.1) is 0 Å². The van der Waals surface area contributed by atoms with E-state index in [2.05, 4.69) is 18.8 Å². The van der Waals surface area contributed by atoms with E-state index in [1.165, 1.54) is 11.0 Å². The zero-order valence-corrected chi connectivity index (χ0v) is 11.3. The number of hydrogen-bond acceptors (Lipinski definition) is 2. The Bertz CT molecular complexity index is 279. The van der Waals surface area contributed by atoms with Crippen LogP contribution >= 0.6 is 0 Å². The first-order chi connectivity index (χ1) is 8.51. The maximum atomic E-state index is 11.8. The highest BCUT2D eigenvalue weighted by molar-refractivity contribution is 5.80. The maximum Gasteiger partial charge on any atom is 0.323 e. The molecule has 0 aromatic heterocycles. The number of aliphatic carboxylic acids is 1. The molecule has 0 fully saturated rings. The molecule has 0 spiro atoms. The fraction of sp³-hybridized carbons (Fsp3) is 0.692. The van der Waals surface area contributed by atoms with Crippen molar-refractivity contribution in [3.05, 3.63) is 12.7 Å². The summed E-state index contributed by atoms with van der Waals surface area (Å²) in [4.78, 5) is 23.7. The van der Waals surface area contributed by atoms with Gasteiger partial charge in [-0.05, 0) is 13.3 Å². The topological polar surface area (TPSA) is 69.6 Å². The lowest BCUT2D eigenvalue weighted by Gasteiger charge is -2.22. The maximum absolute atomic E-state index is 11.8. The van der Waals surface area contributed by atoms with E-state index >= 15 is 0 Å². The van der Waals surface area contributed by atoms with Crippen molar-refractivity contribution >= 4 is 12.0 Å². The molecule has 0 aliphatic heterocycles. The summed E-state index contributed by atoms with van der Waals surface area (Å²) < 4.78 is 0. The van der Waals surface area contributed by atoms with Crippen LogP contribution in [0.5, 0.6) is 0 Å². The second-order valence-corrected chi connectivity index (χ2v) is 4.41. The third-order valence-corrected chi connectivity index (χ3v) is 2.57. The van der Waals surface area contributed by atoms with E-state index in [-0.39, 0.29) is 25.2 Å². The van der Waals surface area contributed by atoms with Gasteiger partial charge in [-0.2, -0.15) is 0 Å². The summed E-state index contributed by atoms with van der Waals surface area (Å²) >= 11 is 0. The van der Waals surface area contributed by atoms with Crippen LogP contribution in [0.25, 0.3) is 0 Å². The molecule has 0 radical (unpaired) electrons. The molecule has 1 atom stereocenters. The average molecular weight is 256 g/mol. The van der Waals surface area contributed by atoms with Crippen LogP contribution in [-0.4, -0.2) is 41.1 Å². The average Bonchev–Trinajstić information content (AvgIpc) is 2.28. The van der Waals surface area contributed by atoms with Gasteiger partial charge in [-0.15, -0.1) is 6.58 Å². The normalized spacial score (nSPS) is 11.7. The number of hydrogen-bond donors (Lipinski definition) is 2. The number of nitrogens with zero attached hydrogens (tertiary/aromatic N) is 1. The second kappa shape index (κ2) is 9.50. The molecule has 2 amide bonds. The molecule has 1 unspecified atom stereocenters. The van der Waals surface area contributed by atoms with Gasteiger partial charge in [0.2, 0.25) is 0 Å². The number of carboxylic acid groups (broad SMARTS) is 1. The van der Waals surface area contributed by atoms with E-state index in [4.69, 9.17) is 5.11 Å². The molecule has 104 valence electrons. The summed E-state index contributed by atoms with van der Waals surface area (Å²) in [6, 6.07) is -0.286. The zero-order chi connectivity index (χ0) is 14.0. The van der Waals surface area contributed by atoms with Gasteiger partial charge < -0.3 is 15.3 Å². The van der Waals surface area contributed by atoms with E-state index in [1.54, 1.807) is 0 Å². The van der Waals surface area contributed by atoms with Gasteiger partial charge in [0.25, 0.3) is 0 Å². The Morgan fingerprint density at radius 2 is 2.11 bits per heavy atom. The molecule has 5 heteroatoms. The Balaban J connectivity index is 4.14. The van der Waals surface area contributed by atoms with Crippen LogP contribution in [0, 0.1) is 0 Å². The Kier molecular flexibility index (Phi) is 8.70. The van der Waals surface area contributed by atoms with Gasteiger partial charge >= 0.3 is 12.0 Å². The SMILES string of the molecule is C=CCN(CC(=O)O)C(=O)NC(C)CCCCC. The van der Waals surface area contributed by atoms with E-state index < -0.39 is 5.97 Å². The van der Waals surface area contributed by atoms with Crippen molar-refractivity contribution in [2.24, 2.45) is 0 Å². The predicted molar refractivity (Wildman–Crippen MR) is 71.5 cm³/mol. The van der Waals surface area contributed by atoms with Gasteiger partial charge in [0.1, 0.15) is 6.54 Å². The van der Waals surface area contributed by atoms with E-state index in [9.17, 15) is 9.59 Å². The van der Waals surface area contributed by atoms with Gasteiger partial charge in [-0.3, -0.25) is 4.79 Å². The molecule has 18 heavy (non-hydrogen) atoms. The second-order valence-electron chi connectivity index (χ2n) is 4.41. The molecule has 0 rings (SSSR count). The van der Waals surface area contributed by atoms with Crippen molar-refractivity contribution in [1.29, 1.82) is 0 Å². The molecule has 0 aromatic rings. The first-order valence-electron chi connectivity index (χ1n) is 6.39. The first-order valence-corrected chi connectivity index (χ1v) is 6.39. The minimum Gasteiger partial charge on any atom is -0.480 e. The summed E-state index contributed by atoms with van der Waals surface area (Å²) in [5.74, 6) is -1.02. The minimum atomic E-state index is -1.02. The predicted octanol–water partition coefficient (Wildman–Crippen LogP) is 2.24. The largest absolute Gasteiger partial charge is 0.480 e. The number of nitrogens with one attached hydrogen (secondary N) is 1. The van der Waals surface area contributed by atoms with Crippen LogP contribution in [0.1, 0.15) is 39.5 Å². The zero-order valence-electron chi connectivity index (χ0n) is 11.3. The summed E-state index contributed by atoms with van der Waals surface area (Å²) in [6.45, 7) is 7.50. The number of rotatable bonds is 9. The third kappa shape index (κ3) is 7.70. The number of carboxylic acids is 1. The summed E-state index contributed by atoms with van der Waals surface area (Å²) in [5.41, 5.74) is 0. The van der Waals surface area contributed by atoms with Crippen LogP contribution in [0.3, 0.4) is 0 Å². The molecule has 2 N–H and O–H groups in total. The molecule has 0 aliphatic carbocycles. The van der Waals surface area contributed by atoms with Crippen molar-refractivity contribution in [3.8, 4) is 0 Å². The smallest absolute Gasteiger partial charge is 0.323 e. The third-order valence-electron chi connectivity index (χ3n) is 2.57. The van der Waals surface area contributed by atoms with Crippen molar-refractivity contribution in [1.82, 2.24) is 10.2 Å². The lowest BCUT2D eigenvalue weighted by molar-refractivity contribution is -0.137. The van der Waals surface area contributed by atoms with Crippen LogP contribution in [0.15, 0.2) is 12.7 Å². The monoisotopic (exact) mass is 256 g/mol. The van der Waals surface area contributed by atoms with Crippen LogP contribution in [0.2, 0.25) is 0 Å². The molecule has 0 saturated heterocycles. The fourth-order valence-corrected chi connectivity index (χ4v) is 1.61. The molecule has 0 bridgehead atoms. The van der Waals surface area contributed by atoms with E-state index in [1.807, 2.05) is 6.92 Å². The number of carbonyl (C=O) groups excluding carboxylic acids is 1. The summed E-state index contributed by atoms with van der Waals surface area (Å²) in [7, 11) is 0. The molecular weight excluding hydrogens is 232 g/mol. The molecular formula is C13H24N2O3. The molecule has 0 saturated carbocycles. The lowest BCUT2D eigenvalue weighted by atomic mass is 10.1. The first kappa shape index (κ1) is 16.5. The standard InChI is InChI=1S/C13H24N2O3/c1-4-6-7-8-11(3)14-13(18)15(9-5-2)10-12(16)17/h5,11H,2,4,6-10H2,1,3H3,(H,14,18)(H,16,17). The number of carbonyl (C=O) groups is 2. The van der Waals surface area contributed by atoms with E-state index in [0.29, 0.717) is 0 Å². The molecule has 5 nitrogen and oxygen atoms in total. The summed E-state index contributed by atoms with van der Waals surface area (Å²) in [6.07, 6.45) is 5.78. The van der Waals surface area contributed by atoms with Crippen molar-refractivity contribution in [2.45, 2.75) is 45.6 Å². The van der Waals surface area contributed by atoms with Crippen molar-refractivity contribution < 1.29 is 14.7 Å². The highest BCUT2D eigenvalue weighted by Gasteiger charge is 2.16. The molecule has 0 aromatic carbocycles. The number of unbranched alkanes of at least 4 members (excludes halogenated alkanes) is 2. The van der Waals surface area contributed by atoms with Gasteiger partial charge in [-0.25, -0.2) is 4.79 Å². The number of amides is 2. The van der Waals surface area contributed by atoms with Crippen molar-refractivity contribution in [3.63, 3.8) is 0 Å². The molecule has 0 aliphatic rings. The Hall–Kier alpha value is -1.52. The minimum absolute atomic E-state index is 0.0603. The highest BCUT2D eigenvalue weighted by Crippen LogP contribution is 2.03. The van der Waals surface area contributed by atoms with Crippen LogP contribution < -0.4 is 5.32 Å². The quantitative estimate of drug-likeness (QED) is 0.491. The van der Waals surface area contributed by atoms with Gasteiger partial charge in [0.15, 0.2) is 0 Å². The van der Waals surface area contributed by atoms with Crippen LogP contribution in [0.4, 0.5) is 4.79 Å². The van der Waals surface area contributed by atoms with Gasteiger partial charge in [-0.1, -0.05) is 32.3 Å². The Morgan fingerprint density at radius 1 is 1.44 bits per heavy atom. The summed E-state index contributed by atoms with van der Waals surface area (Å²) in [5, 5.41) is 11.5. The van der Waals surface area contributed by atoms with Gasteiger partial charge in [0, 0.05) is 12.6 Å². The lowest BCUT2D eigenvalue weighted by Crippen LogP contribution is -2.46. The molecule has 0 heterocycles. The Labute approximate surface area is 109 Å². The Morgan fingerprint density at radius 3 is 2.61 bits per heavy atom. The van der Waals surface area contributed by atoms with Crippen LogP contribution in [-0.2, 0) is 4.79 Å².